The van der Waals surface area contributed by atoms with Gasteiger partial charge in [0.05, 0.1) is 24.1 Å². The molecular weight excluding hydrogens is 422 g/mol. The Morgan fingerprint density at radius 1 is 1.06 bits per heavy atom. The zero-order valence-corrected chi connectivity index (χ0v) is 19.0. The first kappa shape index (κ1) is 19.0. The lowest BCUT2D eigenvalue weighted by Crippen LogP contribution is -2.62. The lowest BCUT2D eigenvalue weighted by Gasteiger charge is -2.59. The number of rotatable bonds is 3. The Bertz CT molecular complexity index is 1200. The van der Waals surface area contributed by atoms with E-state index in [9.17, 15) is 0 Å². The summed E-state index contributed by atoms with van der Waals surface area (Å²) in [5, 5.41) is 10.2. The fourth-order valence-electron chi connectivity index (χ4n) is 5.97. The standard InChI is InChI=1S/C24H26ClN7/c1-15-9-26-10-21(27-15)31-13-24(14-31)7-17(8-24)23-29-28-22-12-30(19-3-4-19)11-16-6-18(25)2-5-20(16)32(22)23/h2,5-6,9-10,17,19H,3-4,7-8,11-14H2,1H3. The van der Waals surface area contributed by atoms with Crippen molar-refractivity contribution in [1.82, 2.24) is 29.6 Å². The summed E-state index contributed by atoms with van der Waals surface area (Å²) in [6.45, 7) is 5.92. The van der Waals surface area contributed by atoms with Crippen LogP contribution in [0, 0.1) is 12.3 Å². The quantitative estimate of drug-likeness (QED) is 0.607. The molecule has 1 spiro atoms. The van der Waals surface area contributed by atoms with Crippen LogP contribution in [0.4, 0.5) is 5.82 Å². The number of fused-ring (bicyclic) bond motifs is 3. The van der Waals surface area contributed by atoms with E-state index >= 15 is 0 Å². The summed E-state index contributed by atoms with van der Waals surface area (Å²) < 4.78 is 2.34. The van der Waals surface area contributed by atoms with Gasteiger partial charge in [0.15, 0.2) is 5.82 Å². The van der Waals surface area contributed by atoms with Crippen LogP contribution >= 0.6 is 11.6 Å². The van der Waals surface area contributed by atoms with Crippen LogP contribution in [0.3, 0.4) is 0 Å². The van der Waals surface area contributed by atoms with Gasteiger partial charge in [-0.3, -0.25) is 14.5 Å². The SMILES string of the molecule is Cc1cncc(N2CC3(CC(c4nnc5n4-c4ccc(Cl)cc4CN(C4CC4)C5)C3)C2)n1. The smallest absolute Gasteiger partial charge is 0.151 e. The number of hydrogen-bond acceptors (Lipinski definition) is 6. The number of aromatic nitrogens is 5. The normalized spacial score (nSPS) is 22.1. The summed E-state index contributed by atoms with van der Waals surface area (Å²) in [4.78, 5) is 13.8. The molecule has 0 bridgehead atoms. The van der Waals surface area contributed by atoms with Gasteiger partial charge < -0.3 is 4.90 Å². The van der Waals surface area contributed by atoms with Crippen molar-refractivity contribution >= 4 is 17.4 Å². The molecule has 164 valence electrons. The van der Waals surface area contributed by atoms with Crippen LogP contribution in [0.15, 0.2) is 30.6 Å². The molecule has 2 saturated carbocycles. The molecule has 8 heteroatoms. The Hall–Kier alpha value is -2.51. The van der Waals surface area contributed by atoms with Crippen LogP contribution in [0.1, 0.15) is 54.5 Å². The second-order valence-corrected chi connectivity index (χ2v) is 10.6. The maximum atomic E-state index is 6.38. The molecule has 4 aliphatic rings. The summed E-state index contributed by atoms with van der Waals surface area (Å²) in [5.41, 5.74) is 3.85. The molecule has 3 aromatic rings. The highest BCUT2D eigenvalue weighted by Crippen LogP contribution is 2.56. The lowest BCUT2D eigenvalue weighted by atomic mass is 9.57. The van der Waals surface area contributed by atoms with E-state index in [4.69, 9.17) is 16.7 Å². The Kier molecular flexibility index (Phi) is 4.01. The summed E-state index contributed by atoms with van der Waals surface area (Å²) in [6.07, 6.45) is 8.58. The molecule has 1 aromatic carbocycles. The molecule has 0 amide bonds. The molecule has 4 heterocycles. The van der Waals surface area contributed by atoms with Gasteiger partial charge in [-0.05, 0) is 56.4 Å². The second kappa shape index (κ2) is 6.75. The summed E-state index contributed by atoms with van der Waals surface area (Å²) in [7, 11) is 0. The van der Waals surface area contributed by atoms with E-state index in [1.807, 2.05) is 25.4 Å². The first-order valence-electron chi connectivity index (χ1n) is 11.6. The molecule has 3 fully saturated rings. The summed E-state index contributed by atoms with van der Waals surface area (Å²) in [5.74, 6) is 3.65. The van der Waals surface area contributed by atoms with Crippen molar-refractivity contribution < 1.29 is 0 Å². The van der Waals surface area contributed by atoms with Crippen molar-refractivity contribution in [2.45, 2.75) is 57.7 Å². The van der Waals surface area contributed by atoms with Crippen LogP contribution in [-0.2, 0) is 13.1 Å². The first-order valence-corrected chi connectivity index (χ1v) is 12.0. The third kappa shape index (κ3) is 2.98. The van der Waals surface area contributed by atoms with Crippen molar-refractivity contribution in [3.63, 3.8) is 0 Å². The number of nitrogens with zero attached hydrogens (tertiary/aromatic N) is 7. The fourth-order valence-corrected chi connectivity index (χ4v) is 6.16. The number of hydrogen-bond donors (Lipinski definition) is 0. The molecule has 2 aromatic heterocycles. The van der Waals surface area contributed by atoms with Gasteiger partial charge >= 0.3 is 0 Å². The predicted molar refractivity (Wildman–Crippen MR) is 122 cm³/mol. The van der Waals surface area contributed by atoms with Crippen molar-refractivity contribution in [3.05, 3.63) is 58.5 Å². The molecule has 32 heavy (non-hydrogen) atoms. The van der Waals surface area contributed by atoms with Crippen LogP contribution in [0.2, 0.25) is 5.02 Å². The Balaban J connectivity index is 1.15. The van der Waals surface area contributed by atoms with Gasteiger partial charge in [-0.1, -0.05) is 11.6 Å². The zero-order valence-electron chi connectivity index (χ0n) is 18.2. The van der Waals surface area contributed by atoms with E-state index in [-0.39, 0.29) is 0 Å². The Labute approximate surface area is 192 Å². The van der Waals surface area contributed by atoms with Crippen LogP contribution in [0.5, 0.6) is 0 Å². The van der Waals surface area contributed by atoms with E-state index in [0.717, 1.165) is 67.2 Å². The highest BCUT2D eigenvalue weighted by atomic mass is 35.5. The van der Waals surface area contributed by atoms with Crippen molar-refractivity contribution in [1.29, 1.82) is 0 Å². The van der Waals surface area contributed by atoms with E-state index < -0.39 is 0 Å². The minimum absolute atomic E-state index is 0.385. The van der Waals surface area contributed by atoms with E-state index in [2.05, 4.69) is 41.6 Å². The fraction of sp³-hybridized carbons (Fsp3) is 0.500. The third-order valence-corrected chi connectivity index (χ3v) is 7.90. The molecular formula is C24H26ClN7. The van der Waals surface area contributed by atoms with Crippen molar-refractivity contribution in [2.24, 2.45) is 5.41 Å². The topological polar surface area (TPSA) is 63.0 Å². The molecule has 2 aliphatic carbocycles. The van der Waals surface area contributed by atoms with E-state index in [1.54, 1.807) is 0 Å². The van der Waals surface area contributed by atoms with Gasteiger partial charge in [0, 0.05) is 48.2 Å². The van der Waals surface area contributed by atoms with Crippen LogP contribution < -0.4 is 4.90 Å². The van der Waals surface area contributed by atoms with E-state index in [0.29, 0.717) is 17.4 Å². The average Bonchev–Trinajstić information content (AvgIpc) is 3.50. The van der Waals surface area contributed by atoms with Crippen molar-refractivity contribution in [3.8, 4) is 5.69 Å². The minimum atomic E-state index is 0.385. The zero-order chi connectivity index (χ0) is 21.4. The van der Waals surface area contributed by atoms with E-state index in [1.165, 1.54) is 24.1 Å². The highest BCUT2D eigenvalue weighted by molar-refractivity contribution is 6.30. The van der Waals surface area contributed by atoms with Crippen LogP contribution in [-0.4, -0.2) is 48.8 Å². The first-order chi connectivity index (χ1) is 15.6. The average molecular weight is 448 g/mol. The molecule has 0 radical (unpaired) electrons. The Morgan fingerprint density at radius 3 is 2.69 bits per heavy atom. The van der Waals surface area contributed by atoms with Gasteiger partial charge in [0.25, 0.3) is 0 Å². The van der Waals surface area contributed by atoms with Gasteiger partial charge in [0.1, 0.15) is 11.6 Å². The summed E-state index contributed by atoms with van der Waals surface area (Å²) >= 11 is 6.38. The third-order valence-electron chi connectivity index (χ3n) is 7.66. The number of aryl methyl sites for hydroxylation is 1. The van der Waals surface area contributed by atoms with Gasteiger partial charge in [0.2, 0.25) is 0 Å². The Morgan fingerprint density at radius 2 is 1.91 bits per heavy atom. The number of anilines is 1. The number of benzene rings is 1. The lowest BCUT2D eigenvalue weighted by molar-refractivity contribution is 0.0581. The summed E-state index contributed by atoms with van der Waals surface area (Å²) in [6, 6.07) is 6.95. The monoisotopic (exact) mass is 447 g/mol. The molecule has 7 nitrogen and oxygen atoms in total. The second-order valence-electron chi connectivity index (χ2n) is 10.2. The number of halogens is 1. The molecule has 7 rings (SSSR count). The highest BCUT2D eigenvalue weighted by Gasteiger charge is 2.54. The van der Waals surface area contributed by atoms with Crippen LogP contribution in [0.25, 0.3) is 5.69 Å². The maximum absolute atomic E-state index is 6.38. The van der Waals surface area contributed by atoms with Gasteiger partial charge in [-0.2, -0.15) is 0 Å². The predicted octanol–water partition coefficient (Wildman–Crippen LogP) is 3.88. The molecule has 1 saturated heterocycles. The van der Waals surface area contributed by atoms with Gasteiger partial charge in [-0.25, -0.2) is 4.98 Å². The maximum Gasteiger partial charge on any atom is 0.151 e. The largest absolute Gasteiger partial charge is 0.354 e. The van der Waals surface area contributed by atoms with Crippen molar-refractivity contribution in [2.75, 3.05) is 18.0 Å². The minimum Gasteiger partial charge on any atom is -0.354 e. The molecule has 0 atom stereocenters. The molecule has 0 unspecified atom stereocenters. The molecule has 2 aliphatic heterocycles. The molecule has 0 N–H and O–H groups in total. The van der Waals surface area contributed by atoms with Gasteiger partial charge in [-0.15, -0.1) is 10.2 Å².